The average molecular weight is 388 g/mol. The normalized spacial score (nSPS) is 9.95. The predicted molar refractivity (Wildman–Crippen MR) is 86.2 cm³/mol. The Morgan fingerprint density at radius 3 is 2.05 bits per heavy atom. The second-order valence-corrected chi connectivity index (χ2v) is 4.77. The molecule has 3 nitrogen and oxygen atoms in total. The van der Waals surface area contributed by atoms with Crippen LogP contribution in [0.4, 0.5) is 0 Å². The van der Waals surface area contributed by atoms with E-state index in [0.29, 0.717) is 16.2 Å². The maximum atomic E-state index is 11.3. The number of nitrogens with zero attached hydrogens (tertiary/aromatic N) is 2. The molecule has 2 aromatic rings. The third kappa shape index (κ3) is 3.83. The van der Waals surface area contributed by atoms with E-state index in [1.165, 1.54) is 0 Å². The summed E-state index contributed by atoms with van der Waals surface area (Å²) < 4.78 is 0. The van der Waals surface area contributed by atoms with Gasteiger partial charge in [-0.3, -0.25) is 4.79 Å². The van der Waals surface area contributed by atoms with E-state index in [0.717, 1.165) is 22.4 Å². The smallest absolute Gasteiger partial charge is 0.159 e. The lowest BCUT2D eigenvalue weighted by atomic mass is 10.1. The molecule has 1 aromatic carbocycles. The molecular formula is C14H16Br2N2O. The van der Waals surface area contributed by atoms with Crippen molar-refractivity contribution in [2.45, 2.75) is 31.4 Å². The fourth-order valence-electron chi connectivity index (χ4n) is 1.56. The minimum absolute atomic E-state index is 0.0404. The Balaban J connectivity index is 0.000000861. The molecule has 0 spiro atoms. The van der Waals surface area contributed by atoms with Crippen molar-refractivity contribution in [1.82, 2.24) is 9.97 Å². The standard InChI is InChI=1S/C12H10Br2N2O.C2H6/c1-7(17)8-2-3-9-10(4-8)16-12(6-14)11(5-13)15-9;1-2/h2-4H,5-6H2,1H3;1-2H3. The van der Waals surface area contributed by atoms with Crippen LogP contribution in [0.1, 0.15) is 42.5 Å². The third-order valence-corrected chi connectivity index (χ3v) is 3.54. The third-order valence-electron chi connectivity index (χ3n) is 2.48. The summed E-state index contributed by atoms with van der Waals surface area (Å²) in [4.78, 5) is 20.3. The van der Waals surface area contributed by atoms with Gasteiger partial charge in [0.2, 0.25) is 0 Å². The predicted octanol–water partition coefficient (Wildman–Crippen LogP) is 4.65. The molecule has 102 valence electrons. The van der Waals surface area contributed by atoms with Gasteiger partial charge in [-0.25, -0.2) is 9.97 Å². The molecule has 0 aliphatic rings. The Morgan fingerprint density at radius 2 is 1.58 bits per heavy atom. The van der Waals surface area contributed by atoms with E-state index < -0.39 is 0 Å². The van der Waals surface area contributed by atoms with E-state index >= 15 is 0 Å². The van der Waals surface area contributed by atoms with Gasteiger partial charge in [-0.1, -0.05) is 45.7 Å². The molecule has 0 radical (unpaired) electrons. The van der Waals surface area contributed by atoms with E-state index in [-0.39, 0.29) is 5.78 Å². The topological polar surface area (TPSA) is 42.9 Å². The molecule has 1 heterocycles. The second kappa shape index (κ2) is 7.70. The molecule has 19 heavy (non-hydrogen) atoms. The molecule has 1 aromatic heterocycles. The zero-order valence-corrected chi connectivity index (χ0v) is 14.4. The van der Waals surface area contributed by atoms with Gasteiger partial charge in [0, 0.05) is 16.2 Å². The molecule has 0 aliphatic carbocycles. The zero-order valence-electron chi connectivity index (χ0n) is 11.2. The van der Waals surface area contributed by atoms with Crippen molar-refractivity contribution < 1.29 is 4.79 Å². The number of alkyl halides is 2. The van der Waals surface area contributed by atoms with Gasteiger partial charge in [0.1, 0.15) is 0 Å². The SMILES string of the molecule is CC.CC(=O)c1ccc2nc(CBr)c(CBr)nc2c1. The van der Waals surface area contributed by atoms with Crippen molar-refractivity contribution in [3.05, 3.63) is 35.2 Å². The molecule has 0 saturated carbocycles. The van der Waals surface area contributed by atoms with Crippen LogP contribution in [0.15, 0.2) is 18.2 Å². The Hall–Kier alpha value is -0.810. The lowest BCUT2D eigenvalue weighted by molar-refractivity contribution is 0.101. The van der Waals surface area contributed by atoms with E-state index in [1.54, 1.807) is 19.1 Å². The lowest BCUT2D eigenvalue weighted by Gasteiger charge is -2.06. The number of hydrogen-bond donors (Lipinski definition) is 0. The Morgan fingerprint density at radius 1 is 1.05 bits per heavy atom. The zero-order chi connectivity index (χ0) is 14.4. The fraction of sp³-hybridized carbons (Fsp3) is 0.357. The molecular weight excluding hydrogens is 372 g/mol. The molecule has 5 heteroatoms. The van der Waals surface area contributed by atoms with Crippen LogP contribution in [-0.2, 0) is 10.7 Å². The maximum absolute atomic E-state index is 11.3. The van der Waals surface area contributed by atoms with Crippen LogP contribution in [0.3, 0.4) is 0 Å². The van der Waals surface area contributed by atoms with Gasteiger partial charge < -0.3 is 0 Å². The van der Waals surface area contributed by atoms with Crippen molar-refractivity contribution in [3.8, 4) is 0 Å². The maximum Gasteiger partial charge on any atom is 0.159 e. The van der Waals surface area contributed by atoms with Gasteiger partial charge in [-0.15, -0.1) is 0 Å². The number of halogens is 2. The van der Waals surface area contributed by atoms with Crippen LogP contribution in [0.25, 0.3) is 11.0 Å². The van der Waals surface area contributed by atoms with Crippen LogP contribution < -0.4 is 0 Å². The number of Topliss-reactive ketones (excluding diaryl/α,β-unsaturated/α-hetero) is 1. The van der Waals surface area contributed by atoms with Gasteiger partial charge >= 0.3 is 0 Å². The summed E-state index contributed by atoms with van der Waals surface area (Å²) in [6.45, 7) is 5.55. The van der Waals surface area contributed by atoms with Gasteiger partial charge in [-0.05, 0) is 25.1 Å². The highest BCUT2D eigenvalue weighted by Gasteiger charge is 2.08. The first kappa shape index (κ1) is 16.2. The summed E-state index contributed by atoms with van der Waals surface area (Å²) in [6.07, 6.45) is 0. The minimum atomic E-state index is 0.0404. The Labute approximate surface area is 130 Å². The van der Waals surface area contributed by atoms with Crippen LogP contribution in [-0.4, -0.2) is 15.8 Å². The average Bonchev–Trinajstić information content (AvgIpc) is 2.47. The molecule has 0 unspecified atom stereocenters. The first-order valence-electron chi connectivity index (χ1n) is 6.08. The Kier molecular flexibility index (Phi) is 6.58. The summed E-state index contributed by atoms with van der Waals surface area (Å²) in [5.74, 6) is 0.0404. The molecule has 0 N–H and O–H groups in total. The van der Waals surface area contributed by atoms with E-state index in [4.69, 9.17) is 0 Å². The summed E-state index contributed by atoms with van der Waals surface area (Å²) in [7, 11) is 0. The first-order valence-corrected chi connectivity index (χ1v) is 8.32. The molecule has 0 saturated heterocycles. The number of carbonyl (C=O) groups excluding carboxylic acids is 1. The number of hydrogen-bond acceptors (Lipinski definition) is 3. The quantitative estimate of drug-likeness (QED) is 0.568. The summed E-state index contributed by atoms with van der Waals surface area (Å²) in [5.41, 5.74) is 4.06. The monoisotopic (exact) mass is 386 g/mol. The fourth-order valence-corrected chi connectivity index (χ4v) is 2.46. The van der Waals surface area contributed by atoms with Crippen LogP contribution in [0.5, 0.6) is 0 Å². The van der Waals surface area contributed by atoms with Gasteiger partial charge in [0.05, 0.1) is 22.4 Å². The van der Waals surface area contributed by atoms with Gasteiger partial charge in [0.25, 0.3) is 0 Å². The molecule has 0 atom stereocenters. The van der Waals surface area contributed by atoms with Crippen molar-refractivity contribution in [2.24, 2.45) is 0 Å². The van der Waals surface area contributed by atoms with E-state index in [2.05, 4.69) is 41.8 Å². The number of fused-ring (bicyclic) bond motifs is 1. The second-order valence-electron chi connectivity index (χ2n) is 3.64. The van der Waals surface area contributed by atoms with Crippen molar-refractivity contribution in [3.63, 3.8) is 0 Å². The highest BCUT2D eigenvalue weighted by molar-refractivity contribution is 9.09. The highest BCUT2D eigenvalue weighted by atomic mass is 79.9. The van der Waals surface area contributed by atoms with Crippen LogP contribution in [0.2, 0.25) is 0 Å². The molecule has 0 amide bonds. The number of aromatic nitrogens is 2. The van der Waals surface area contributed by atoms with Crippen molar-refractivity contribution in [1.29, 1.82) is 0 Å². The number of benzene rings is 1. The van der Waals surface area contributed by atoms with Crippen molar-refractivity contribution in [2.75, 3.05) is 0 Å². The summed E-state index contributed by atoms with van der Waals surface area (Å²) >= 11 is 6.79. The van der Waals surface area contributed by atoms with Crippen LogP contribution in [0, 0.1) is 0 Å². The van der Waals surface area contributed by atoms with Gasteiger partial charge in [0.15, 0.2) is 5.78 Å². The lowest BCUT2D eigenvalue weighted by Crippen LogP contribution is -2.00. The molecule has 0 aliphatic heterocycles. The van der Waals surface area contributed by atoms with Gasteiger partial charge in [-0.2, -0.15) is 0 Å². The first-order chi connectivity index (χ1) is 9.15. The number of carbonyl (C=O) groups is 1. The Bertz CT molecular complexity index is 585. The van der Waals surface area contributed by atoms with E-state index in [1.807, 2.05) is 19.9 Å². The molecule has 0 fully saturated rings. The largest absolute Gasteiger partial charge is 0.295 e. The minimum Gasteiger partial charge on any atom is -0.295 e. The van der Waals surface area contributed by atoms with Crippen LogP contribution >= 0.6 is 31.9 Å². The summed E-state index contributed by atoms with van der Waals surface area (Å²) in [5, 5.41) is 1.33. The highest BCUT2D eigenvalue weighted by Crippen LogP contribution is 2.18. The number of rotatable bonds is 3. The van der Waals surface area contributed by atoms with Crippen molar-refractivity contribution >= 4 is 48.7 Å². The van der Waals surface area contributed by atoms with E-state index in [9.17, 15) is 4.79 Å². The molecule has 0 bridgehead atoms. The number of ketones is 1. The summed E-state index contributed by atoms with van der Waals surface area (Å²) in [6, 6.07) is 5.41. The molecule has 2 rings (SSSR count).